The molecule has 0 saturated heterocycles. The van der Waals surface area contributed by atoms with E-state index >= 15 is 0 Å². The first kappa shape index (κ1) is 15.4. The number of esters is 1. The van der Waals surface area contributed by atoms with E-state index in [9.17, 15) is 4.79 Å². The Morgan fingerprint density at radius 1 is 1.32 bits per heavy atom. The topological polar surface area (TPSA) is 62.8 Å². The molecule has 0 saturated carbocycles. The molecule has 104 valence electrons. The fourth-order valence-electron chi connectivity index (χ4n) is 1.43. The lowest BCUT2D eigenvalue weighted by atomic mass is 10.1. The van der Waals surface area contributed by atoms with Crippen molar-refractivity contribution in [1.82, 2.24) is 16.0 Å². The van der Waals surface area contributed by atoms with Crippen LogP contribution in [-0.4, -0.2) is 37.5 Å². The van der Waals surface area contributed by atoms with Crippen molar-refractivity contribution in [2.75, 3.05) is 21.2 Å². The van der Waals surface area contributed by atoms with Crippen LogP contribution in [0.2, 0.25) is 0 Å². The minimum Gasteiger partial charge on any atom is -0.465 e. The molecule has 0 radical (unpaired) electrons. The highest BCUT2D eigenvalue weighted by atomic mass is 32.1. The summed E-state index contributed by atoms with van der Waals surface area (Å²) in [6.07, 6.45) is 0. The van der Waals surface area contributed by atoms with Gasteiger partial charge in [-0.2, -0.15) is 5.12 Å². The lowest BCUT2D eigenvalue weighted by Crippen LogP contribution is -2.49. The minimum atomic E-state index is -0.474. The molecule has 0 amide bonds. The van der Waals surface area contributed by atoms with Crippen LogP contribution in [0, 0.1) is 6.92 Å². The lowest BCUT2D eigenvalue weighted by molar-refractivity contribution is 0.0598. The molecule has 2 N–H and O–H groups in total. The fraction of sp³-hybridized carbons (Fsp3) is 0.333. The zero-order valence-corrected chi connectivity index (χ0v) is 12.1. The summed E-state index contributed by atoms with van der Waals surface area (Å²) < 4.78 is 10.2. The molecule has 0 aliphatic heterocycles. The van der Waals surface area contributed by atoms with Crippen molar-refractivity contribution in [3.8, 4) is 5.75 Å². The Labute approximate surface area is 117 Å². The van der Waals surface area contributed by atoms with E-state index in [1.807, 2.05) is 6.92 Å². The molecule has 0 aliphatic carbocycles. The molecule has 0 atom stereocenters. The number of carbonyl (C=O) groups excluding carboxylic acids is 1. The normalized spacial score (nSPS) is 9.89. The van der Waals surface area contributed by atoms with E-state index in [4.69, 9.17) is 21.7 Å². The number of nitrogens with zero attached hydrogens (tertiary/aromatic N) is 1. The van der Waals surface area contributed by atoms with Crippen LogP contribution >= 0.6 is 12.2 Å². The summed E-state index contributed by atoms with van der Waals surface area (Å²) in [4.78, 5) is 11.6. The number of hydrogen-bond acceptors (Lipinski definition) is 6. The second kappa shape index (κ2) is 7.03. The van der Waals surface area contributed by atoms with Crippen LogP contribution in [0.3, 0.4) is 0 Å². The highest BCUT2D eigenvalue weighted by molar-refractivity contribution is 7.80. The third kappa shape index (κ3) is 3.88. The van der Waals surface area contributed by atoms with Gasteiger partial charge in [0.05, 0.1) is 7.11 Å². The molecule has 0 unspecified atom stereocenters. The number of aryl methyl sites for hydroxylation is 1. The highest BCUT2D eigenvalue weighted by Crippen LogP contribution is 2.21. The summed E-state index contributed by atoms with van der Waals surface area (Å²) in [7, 11) is 4.69. The van der Waals surface area contributed by atoms with Crippen LogP contribution < -0.4 is 15.6 Å². The van der Waals surface area contributed by atoms with Crippen LogP contribution in [0.1, 0.15) is 15.9 Å². The van der Waals surface area contributed by atoms with Crippen molar-refractivity contribution in [1.29, 1.82) is 0 Å². The molecule has 6 nitrogen and oxygen atoms in total. The Kier molecular flexibility index (Phi) is 5.68. The van der Waals surface area contributed by atoms with Crippen LogP contribution in [0.15, 0.2) is 18.2 Å². The van der Waals surface area contributed by atoms with Crippen LogP contribution in [0.4, 0.5) is 0 Å². The summed E-state index contributed by atoms with van der Waals surface area (Å²) in [5, 5.41) is 1.54. The lowest BCUT2D eigenvalue weighted by Gasteiger charge is -2.22. The summed E-state index contributed by atoms with van der Waals surface area (Å²) >= 11 is 5.11. The molecule has 7 heteroatoms. The molecule has 1 rings (SSSR count). The molecule has 1 aromatic carbocycles. The van der Waals surface area contributed by atoms with E-state index in [2.05, 4.69) is 10.9 Å². The monoisotopic (exact) mass is 283 g/mol. The molecule has 0 aliphatic rings. The Balaban J connectivity index is 3.02. The zero-order valence-electron chi connectivity index (χ0n) is 11.3. The van der Waals surface area contributed by atoms with Gasteiger partial charge in [0.25, 0.3) is 5.17 Å². The van der Waals surface area contributed by atoms with Crippen molar-refractivity contribution in [2.24, 2.45) is 0 Å². The first-order chi connectivity index (χ1) is 9.03. The Hall–Kier alpha value is -1.70. The van der Waals surface area contributed by atoms with E-state index in [0.29, 0.717) is 11.3 Å². The third-order valence-electron chi connectivity index (χ3n) is 2.37. The van der Waals surface area contributed by atoms with Crippen molar-refractivity contribution in [2.45, 2.75) is 6.92 Å². The number of hydrazine groups is 2. The highest BCUT2D eigenvalue weighted by Gasteiger charge is 2.16. The van der Waals surface area contributed by atoms with Crippen LogP contribution in [0.25, 0.3) is 0 Å². The largest absolute Gasteiger partial charge is 0.465 e. The first-order valence-electron chi connectivity index (χ1n) is 5.59. The molecule has 0 fully saturated rings. The second-order valence-corrected chi connectivity index (χ2v) is 3.99. The number of hydrogen-bond donors (Lipinski definition) is 2. The van der Waals surface area contributed by atoms with Gasteiger partial charge in [0.1, 0.15) is 11.3 Å². The molecule has 0 bridgehead atoms. The van der Waals surface area contributed by atoms with E-state index < -0.39 is 5.97 Å². The van der Waals surface area contributed by atoms with Gasteiger partial charge < -0.3 is 9.47 Å². The maximum atomic E-state index is 11.6. The standard InChI is InChI=1S/C12H17N3O3S/c1-8-5-6-9(11(16)17-4)10(7-8)18-12(19)15(13-2)14-3/h5-7,13-14H,1-4H3. The van der Waals surface area contributed by atoms with Crippen LogP contribution in [-0.2, 0) is 4.74 Å². The Morgan fingerprint density at radius 3 is 2.47 bits per heavy atom. The molecular formula is C12H17N3O3S. The number of nitrogens with one attached hydrogen (secondary N) is 2. The van der Waals surface area contributed by atoms with E-state index in [1.54, 1.807) is 32.3 Å². The van der Waals surface area contributed by atoms with Gasteiger partial charge in [-0.15, -0.1) is 0 Å². The quantitative estimate of drug-likeness (QED) is 0.486. The van der Waals surface area contributed by atoms with Gasteiger partial charge in [0.2, 0.25) is 0 Å². The fourth-order valence-corrected chi connectivity index (χ4v) is 1.70. The van der Waals surface area contributed by atoms with Gasteiger partial charge in [-0.1, -0.05) is 6.07 Å². The van der Waals surface area contributed by atoms with E-state index in [1.165, 1.54) is 12.2 Å². The van der Waals surface area contributed by atoms with Gasteiger partial charge >= 0.3 is 5.97 Å². The molecule has 19 heavy (non-hydrogen) atoms. The van der Waals surface area contributed by atoms with Crippen molar-refractivity contribution < 1.29 is 14.3 Å². The second-order valence-electron chi connectivity index (χ2n) is 3.64. The number of methoxy groups -OCH3 is 1. The van der Waals surface area contributed by atoms with E-state index in [-0.39, 0.29) is 5.17 Å². The maximum Gasteiger partial charge on any atom is 0.341 e. The van der Waals surface area contributed by atoms with E-state index in [0.717, 1.165) is 5.56 Å². The Morgan fingerprint density at radius 2 is 1.95 bits per heavy atom. The van der Waals surface area contributed by atoms with Crippen molar-refractivity contribution in [3.63, 3.8) is 0 Å². The Bertz CT molecular complexity index is 475. The van der Waals surface area contributed by atoms with Gasteiger partial charge in [-0.3, -0.25) is 0 Å². The van der Waals surface area contributed by atoms with Gasteiger partial charge in [-0.25, -0.2) is 15.6 Å². The summed E-state index contributed by atoms with van der Waals surface area (Å²) in [6, 6.07) is 5.17. The SMILES string of the molecule is CNN(NC)C(=S)Oc1cc(C)ccc1C(=O)OC. The van der Waals surface area contributed by atoms with Crippen LogP contribution in [0.5, 0.6) is 5.75 Å². The van der Waals surface area contributed by atoms with Crippen molar-refractivity contribution in [3.05, 3.63) is 29.3 Å². The van der Waals surface area contributed by atoms with Gasteiger partial charge in [-0.05, 0) is 36.8 Å². The number of rotatable bonds is 4. The zero-order chi connectivity index (χ0) is 14.4. The van der Waals surface area contributed by atoms with Gasteiger partial charge in [0, 0.05) is 14.1 Å². The number of thiocarbonyl (C=S) groups is 1. The minimum absolute atomic E-state index is 0.140. The maximum absolute atomic E-state index is 11.6. The molecule has 1 aromatic rings. The summed E-state index contributed by atoms with van der Waals surface area (Å²) in [6.45, 7) is 1.89. The number of benzene rings is 1. The predicted octanol–water partition coefficient (Wildman–Crippen LogP) is 1.02. The number of carbonyl (C=O) groups is 1. The summed E-state index contributed by atoms with van der Waals surface area (Å²) in [5.41, 5.74) is 6.85. The molecule has 0 aromatic heterocycles. The molecule has 0 spiro atoms. The van der Waals surface area contributed by atoms with Crippen molar-refractivity contribution >= 4 is 23.4 Å². The number of ether oxygens (including phenoxy) is 2. The molecular weight excluding hydrogens is 266 g/mol. The van der Waals surface area contributed by atoms with Gasteiger partial charge in [0.15, 0.2) is 0 Å². The molecule has 0 heterocycles. The summed E-state index contributed by atoms with van der Waals surface area (Å²) in [5.74, 6) is -0.120. The third-order valence-corrected chi connectivity index (χ3v) is 2.64. The predicted molar refractivity (Wildman–Crippen MR) is 75.7 cm³/mol. The average Bonchev–Trinajstić information content (AvgIpc) is 2.39. The average molecular weight is 283 g/mol. The smallest absolute Gasteiger partial charge is 0.341 e. The first-order valence-corrected chi connectivity index (χ1v) is 6.00.